The van der Waals surface area contributed by atoms with Crippen molar-refractivity contribution in [3.05, 3.63) is 23.3 Å². The molecular formula is C12H17Cl2NO2. The van der Waals surface area contributed by atoms with Crippen molar-refractivity contribution in [1.29, 1.82) is 0 Å². The molecule has 0 radical (unpaired) electrons. The van der Waals surface area contributed by atoms with Crippen LogP contribution in [0.2, 0.25) is 0 Å². The maximum atomic E-state index is 9.45. The second-order valence-electron chi connectivity index (χ2n) is 4.19. The van der Waals surface area contributed by atoms with Crippen LogP contribution >= 0.6 is 24.0 Å². The van der Waals surface area contributed by atoms with Crippen LogP contribution in [-0.2, 0) is 12.8 Å². The van der Waals surface area contributed by atoms with Crippen molar-refractivity contribution in [3.63, 3.8) is 0 Å². The number of hydrogen-bond donors (Lipinski definition) is 3. The van der Waals surface area contributed by atoms with Crippen LogP contribution in [0.5, 0.6) is 11.5 Å². The fourth-order valence-corrected chi connectivity index (χ4v) is 2.33. The summed E-state index contributed by atoms with van der Waals surface area (Å²) in [6.45, 7) is 0.811. The normalized spacial score (nSPS) is 18.3. The molecule has 5 heteroatoms. The molecule has 1 unspecified atom stereocenters. The number of aromatic hydroxyl groups is 2. The summed E-state index contributed by atoms with van der Waals surface area (Å²) in [5.74, 6) is 0.562. The maximum Gasteiger partial charge on any atom is 0.157 e. The van der Waals surface area contributed by atoms with E-state index in [1.54, 1.807) is 12.1 Å². The van der Waals surface area contributed by atoms with Crippen molar-refractivity contribution in [1.82, 2.24) is 5.32 Å². The highest BCUT2D eigenvalue weighted by molar-refractivity contribution is 6.18. The zero-order valence-electron chi connectivity index (χ0n) is 9.45. The van der Waals surface area contributed by atoms with Gasteiger partial charge in [0.05, 0.1) is 0 Å². The highest BCUT2D eigenvalue weighted by Gasteiger charge is 2.19. The molecule has 1 aliphatic carbocycles. The van der Waals surface area contributed by atoms with E-state index in [1.165, 1.54) is 0 Å². The third-order valence-electron chi connectivity index (χ3n) is 3.05. The second kappa shape index (κ2) is 6.34. The standard InChI is InChI=1S/C12H16ClNO2.ClH/c13-3-4-14-10-2-1-8-6-11(15)12(16)7-9(8)5-10;/h6-7,10,14-16H,1-5H2;1H. The summed E-state index contributed by atoms with van der Waals surface area (Å²) in [7, 11) is 0. The molecule has 0 amide bonds. The van der Waals surface area contributed by atoms with Gasteiger partial charge < -0.3 is 15.5 Å². The van der Waals surface area contributed by atoms with Gasteiger partial charge in [-0.2, -0.15) is 0 Å². The molecule has 0 bridgehead atoms. The molecule has 0 aromatic heterocycles. The average Bonchev–Trinajstić information content (AvgIpc) is 2.28. The van der Waals surface area contributed by atoms with Gasteiger partial charge in [-0.3, -0.25) is 0 Å². The van der Waals surface area contributed by atoms with E-state index in [2.05, 4.69) is 5.32 Å². The van der Waals surface area contributed by atoms with E-state index in [0.717, 1.165) is 36.9 Å². The average molecular weight is 278 g/mol. The van der Waals surface area contributed by atoms with Gasteiger partial charge in [-0.25, -0.2) is 0 Å². The number of phenols is 2. The number of halogens is 2. The van der Waals surface area contributed by atoms with Crippen LogP contribution in [0.1, 0.15) is 17.5 Å². The molecule has 0 aliphatic heterocycles. The van der Waals surface area contributed by atoms with Crippen LogP contribution < -0.4 is 5.32 Å². The Morgan fingerprint density at radius 3 is 2.53 bits per heavy atom. The summed E-state index contributed by atoms with van der Waals surface area (Å²) in [5.41, 5.74) is 2.26. The molecule has 2 rings (SSSR count). The number of rotatable bonds is 3. The molecule has 3 N–H and O–H groups in total. The molecule has 1 aromatic carbocycles. The van der Waals surface area contributed by atoms with Crippen LogP contribution in [0.3, 0.4) is 0 Å². The van der Waals surface area contributed by atoms with Crippen LogP contribution in [0, 0.1) is 0 Å². The zero-order valence-corrected chi connectivity index (χ0v) is 11.0. The number of nitrogens with one attached hydrogen (secondary N) is 1. The lowest BCUT2D eigenvalue weighted by Gasteiger charge is -2.25. The third kappa shape index (κ3) is 3.41. The first-order chi connectivity index (χ1) is 7.70. The number of alkyl halides is 1. The van der Waals surface area contributed by atoms with E-state index < -0.39 is 0 Å². The fraction of sp³-hybridized carbons (Fsp3) is 0.500. The van der Waals surface area contributed by atoms with Gasteiger partial charge in [-0.1, -0.05) is 0 Å². The van der Waals surface area contributed by atoms with Crippen molar-refractivity contribution in [2.75, 3.05) is 12.4 Å². The quantitative estimate of drug-likeness (QED) is 0.587. The Balaban J connectivity index is 0.00000144. The first-order valence-electron chi connectivity index (χ1n) is 5.54. The molecule has 17 heavy (non-hydrogen) atoms. The Hall–Kier alpha value is -0.640. The molecule has 1 aromatic rings. The number of phenolic OH excluding ortho intramolecular Hbond substituents is 2. The molecule has 0 heterocycles. The number of hydrogen-bond acceptors (Lipinski definition) is 3. The van der Waals surface area contributed by atoms with Crippen LogP contribution in [0.15, 0.2) is 12.1 Å². The van der Waals surface area contributed by atoms with E-state index in [4.69, 9.17) is 11.6 Å². The van der Waals surface area contributed by atoms with Gasteiger partial charge in [-0.15, -0.1) is 24.0 Å². The number of fused-ring (bicyclic) bond motifs is 1. The number of aryl methyl sites for hydroxylation is 1. The van der Waals surface area contributed by atoms with E-state index in [0.29, 0.717) is 11.9 Å². The Morgan fingerprint density at radius 2 is 1.88 bits per heavy atom. The molecule has 0 spiro atoms. The summed E-state index contributed by atoms with van der Waals surface area (Å²) in [4.78, 5) is 0. The van der Waals surface area contributed by atoms with E-state index >= 15 is 0 Å². The first kappa shape index (κ1) is 14.4. The van der Waals surface area contributed by atoms with Crippen molar-refractivity contribution in [3.8, 4) is 11.5 Å². The third-order valence-corrected chi connectivity index (χ3v) is 3.24. The highest BCUT2D eigenvalue weighted by Crippen LogP contribution is 2.32. The van der Waals surface area contributed by atoms with Gasteiger partial charge in [0.1, 0.15) is 0 Å². The van der Waals surface area contributed by atoms with E-state index in [9.17, 15) is 10.2 Å². The highest BCUT2D eigenvalue weighted by atomic mass is 35.5. The lowest BCUT2D eigenvalue weighted by molar-refractivity contribution is 0.399. The van der Waals surface area contributed by atoms with Crippen molar-refractivity contribution in [2.24, 2.45) is 0 Å². The largest absolute Gasteiger partial charge is 0.504 e. The van der Waals surface area contributed by atoms with Gasteiger partial charge in [0.15, 0.2) is 11.5 Å². The lowest BCUT2D eigenvalue weighted by Crippen LogP contribution is -2.35. The molecule has 1 atom stereocenters. The monoisotopic (exact) mass is 277 g/mol. The predicted molar refractivity (Wildman–Crippen MR) is 71.6 cm³/mol. The summed E-state index contributed by atoms with van der Waals surface area (Å²) < 4.78 is 0. The van der Waals surface area contributed by atoms with Crippen molar-refractivity contribution < 1.29 is 10.2 Å². The van der Waals surface area contributed by atoms with Gasteiger partial charge in [0.25, 0.3) is 0 Å². The molecule has 1 aliphatic rings. The molecule has 3 nitrogen and oxygen atoms in total. The summed E-state index contributed by atoms with van der Waals surface area (Å²) in [5, 5.41) is 22.2. The van der Waals surface area contributed by atoms with Crippen molar-refractivity contribution >= 4 is 24.0 Å². The summed E-state index contributed by atoms with van der Waals surface area (Å²) in [6, 6.07) is 3.76. The van der Waals surface area contributed by atoms with Gasteiger partial charge in [0.2, 0.25) is 0 Å². The fourth-order valence-electron chi connectivity index (χ4n) is 2.22. The van der Waals surface area contributed by atoms with Gasteiger partial charge >= 0.3 is 0 Å². The Morgan fingerprint density at radius 1 is 1.24 bits per heavy atom. The van der Waals surface area contributed by atoms with Crippen LogP contribution in [-0.4, -0.2) is 28.7 Å². The Kier molecular flexibility index (Phi) is 5.37. The molecule has 96 valence electrons. The topological polar surface area (TPSA) is 52.5 Å². The lowest BCUT2D eigenvalue weighted by atomic mass is 9.88. The van der Waals surface area contributed by atoms with E-state index in [-0.39, 0.29) is 23.9 Å². The van der Waals surface area contributed by atoms with Gasteiger partial charge in [-0.05, 0) is 42.5 Å². The minimum absolute atomic E-state index is 0. The Bertz CT molecular complexity index is 385. The maximum absolute atomic E-state index is 9.45. The van der Waals surface area contributed by atoms with Gasteiger partial charge in [0, 0.05) is 18.5 Å². The second-order valence-corrected chi connectivity index (χ2v) is 4.57. The minimum Gasteiger partial charge on any atom is -0.504 e. The molecule has 0 saturated heterocycles. The first-order valence-corrected chi connectivity index (χ1v) is 6.07. The molecule has 0 saturated carbocycles. The zero-order chi connectivity index (χ0) is 11.5. The molecule has 0 fully saturated rings. The van der Waals surface area contributed by atoms with Crippen LogP contribution in [0.4, 0.5) is 0 Å². The van der Waals surface area contributed by atoms with Crippen molar-refractivity contribution in [2.45, 2.75) is 25.3 Å². The minimum atomic E-state index is -0.0308. The Labute approximate surface area is 112 Å². The van der Waals surface area contributed by atoms with Crippen LogP contribution in [0.25, 0.3) is 0 Å². The molecular weight excluding hydrogens is 261 g/mol. The predicted octanol–water partition coefficient (Wildman–Crippen LogP) is 2.21. The number of benzene rings is 1. The van der Waals surface area contributed by atoms with E-state index in [1.807, 2.05) is 0 Å². The summed E-state index contributed by atoms with van der Waals surface area (Å²) >= 11 is 5.63. The SMILES string of the molecule is Cl.Oc1cc2c(cc1O)CC(NCCCl)CC2. The summed E-state index contributed by atoms with van der Waals surface area (Å²) in [6.07, 6.45) is 2.87. The smallest absolute Gasteiger partial charge is 0.157 e.